The van der Waals surface area contributed by atoms with Crippen molar-refractivity contribution in [1.29, 1.82) is 0 Å². The van der Waals surface area contributed by atoms with Crippen LogP contribution in [0.2, 0.25) is 0 Å². The van der Waals surface area contributed by atoms with Gasteiger partial charge in [0.05, 0.1) is 0 Å². The standard InChI is InChI=1S/C10H12O3S.Li/c1-10(2)6-7-3-4-8(14(11)12)5-9(7)13-10;/h3-5H,6H2,1-2H3,(H,11,12);/q;+1/p-1. The molecule has 1 aliphatic heterocycles. The van der Waals surface area contributed by atoms with Crippen LogP contribution in [0.1, 0.15) is 19.4 Å². The minimum Gasteiger partial charge on any atom is -0.768 e. The van der Waals surface area contributed by atoms with Crippen LogP contribution in [0.3, 0.4) is 0 Å². The first-order chi connectivity index (χ1) is 6.48. The molecule has 15 heavy (non-hydrogen) atoms. The van der Waals surface area contributed by atoms with Crippen LogP contribution < -0.4 is 23.6 Å². The molecule has 1 heterocycles. The maximum atomic E-state index is 10.7. The van der Waals surface area contributed by atoms with Crippen LogP contribution in [-0.4, -0.2) is 14.4 Å². The average Bonchev–Trinajstić information content (AvgIpc) is 2.36. The van der Waals surface area contributed by atoms with E-state index in [4.69, 9.17) is 4.74 Å². The van der Waals surface area contributed by atoms with Gasteiger partial charge >= 0.3 is 18.9 Å². The van der Waals surface area contributed by atoms with E-state index in [1.165, 1.54) is 0 Å². The molecule has 1 aromatic rings. The summed E-state index contributed by atoms with van der Waals surface area (Å²) in [5, 5.41) is 0. The zero-order valence-corrected chi connectivity index (χ0v) is 9.89. The van der Waals surface area contributed by atoms with Crippen molar-refractivity contribution >= 4 is 11.1 Å². The van der Waals surface area contributed by atoms with Crippen LogP contribution in [0.5, 0.6) is 5.75 Å². The zero-order valence-electron chi connectivity index (χ0n) is 9.07. The summed E-state index contributed by atoms with van der Waals surface area (Å²) in [5.41, 5.74) is 0.856. The molecule has 2 rings (SSSR count). The molecule has 0 fully saturated rings. The molecule has 1 aromatic carbocycles. The summed E-state index contributed by atoms with van der Waals surface area (Å²) < 4.78 is 27.0. The van der Waals surface area contributed by atoms with E-state index in [0.717, 1.165) is 12.0 Å². The molecule has 0 spiro atoms. The van der Waals surface area contributed by atoms with Gasteiger partial charge in [0.25, 0.3) is 0 Å². The molecule has 0 saturated heterocycles. The van der Waals surface area contributed by atoms with E-state index in [2.05, 4.69) is 0 Å². The first kappa shape index (κ1) is 12.8. The van der Waals surface area contributed by atoms with E-state index in [1.807, 2.05) is 19.9 Å². The van der Waals surface area contributed by atoms with E-state index >= 15 is 0 Å². The Bertz CT molecular complexity index is 404. The second kappa shape index (κ2) is 4.30. The Morgan fingerprint density at radius 3 is 2.73 bits per heavy atom. The van der Waals surface area contributed by atoms with Gasteiger partial charge in [-0.25, -0.2) is 0 Å². The van der Waals surface area contributed by atoms with Crippen LogP contribution in [0.4, 0.5) is 0 Å². The van der Waals surface area contributed by atoms with Gasteiger partial charge in [-0.1, -0.05) is 6.07 Å². The summed E-state index contributed by atoms with van der Waals surface area (Å²) in [7, 11) is 0. The Balaban J connectivity index is 0.00000112. The van der Waals surface area contributed by atoms with Gasteiger partial charge in [0.1, 0.15) is 11.4 Å². The van der Waals surface area contributed by atoms with Crippen molar-refractivity contribution in [2.24, 2.45) is 0 Å². The summed E-state index contributed by atoms with van der Waals surface area (Å²) >= 11 is -2.18. The van der Waals surface area contributed by atoms with Crippen molar-refractivity contribution in [2.45, 2.75) is 30.8 Å². The molecule has 1 aliphatic rings. The molecule has 0 N–H and O–H groups in total. The number of ether oxygens (including phenoxy) is 1. The van der Waals surface area contributed by atoms with Crippen molar-refractivity contribution in [3.8, 4) is 5.75 Å². The van der Waals surface area contributed by atoms with Crippen LogP contribution in [-0.2, 0) is 17.5 Å². The zero-order chi connectivity index (χ0) is 10.3. The monoisotopic (exact) mass is 218 g/mol. The SMILES string of the molecule is CC1(C)Cc2ccc(S(=O)[O-])cc2O1.[Li+]. The molecule has 0 amide bonds. The summed E-state index contributed by atoms with van der Waals surface area (Å²) in [6.07, 6.45) is 0.827. The van der Waals surface area contributed by atoms with E-state index < -0.39 is 11.1 Å². The fraction of sp³-hybridized carbons (Fsp3) is 0.400. The normalized spacial score (nSPS) is 18.6. The molecule has 76 valence electrons. The summed E-state index contributed by atoms with van der Waals surface area (Å²) in [6.45, 7) is 3.97. The third-order valence-electron chi connectivity index (χ3n) is 2.23. The van der Waals surface area contributed by atoms with Crippen LogP contribution in [0.15, 0.2) is 23.1 Å². The third-order valence-corrected chi connectivity index (χ3v) is 2.87. The molecular formula is C10H11LiO3S. The molecule has 0 aromatic heterocycles. The fourth-order valence-electron chi connectivity index (χ4n) is 1.67. The molecule has 0 aliphatic carbocycles. The predicted molar refractivity (Wildman–Crippen MR) is 52.0 cm³/mol. The maximum absolute atomic E-state index is 10.7. The molecule has 1 unspecified atom stereocenters. The molecular weight excluding hydrogens is 207 g/mol. The number of benzene rings is 1. The van der Waals surface area contributed by atoms with Crippen LogP contribution in [0, 0.1) is 0 Å². The van der Waals surface area contributed by atoms with Crippen LogP contribution >= 0.6 is 0 Å². The molecule has 3 nitrogen and oxygen atoms in total. The quantitative estimate of drug-likeness (QED) is 0.432. The third kappa shape index (κ3) is 2.64. The number of hydrogen-bond donors (Lipinski definition) is 0. The van der Waals surface area contributed by atoms with Gasteiger partial charge in [0.15, 0.2) is 0 Å². The van der Waals surface area contributed by atoms with Crippen LogP contribution in [0.25, 0.3) is 0 Å². The Morgan fingerprint density at radius 2 is 2.13 bits per heavy atom. The summed E-state index contributed by atoms with van der Waals surface area (Å²) in [4.78, 5) is 0.279. The minimum atomic E-state index is -2.18. The first-order valence-corrected chi connectivity index (χ1v) is 5.47. The Hall–Kier alpha value is -0.273. The largest absolute Gasteiger partial charge is 1.00 e. The average molecular weight is 218 g/mol. The van der Waals surface area contributed by atoms with E-state index in [-0.39, 0.29) is 29.4 Å². The van der Waals surface area contributed by atoms with Gasteiger partial charge in [-0.2, -0.15) is 0 Å². The topological polar surface area (TPSA) is 49.4 Å². The van der Waals surface area contributed by atoms with Gasteiger partial charge in [-0.3, -0.25) is 4.21 Å². The van der Waals surface area contributed by atoms with Gasteiger partial charge in [0, 0.05) is 11.3 Å². The minimum absolute atomic E-state index is 0. The van der Waals surface area contributed by atoms with Gasteiger partial charge in [-0.05, 0) is 42.6 Å². The van der Waals surface area contributed by atoms with Crippen molar-refractivity contribution in [3.63, 3.8) is 0 Å². The Morgan fingerprint density at radius 1 is 1.47 bits per heavy atom. The van der Waals surface area contributed by atoms with Crippen molar-refractivity contribution in [3.05, 3.63) is 23.8 Å². The number of rotatable bonds is 1. The fourth-order valence-corrected chi connectivity index (χ4v) is 2.05. The molecule has 5 heteroatoms. The van der Waals surface area contributed by atoms with E-state index in [1.54, 1.807) is 12.1 Å². The number of fused-ring (bicyclic) bond motifs is 1. The predicted octanol–water partition coefficient (Wildman–Crippen LogP) is -1.36. The van der Waals surface area contributed by atoms with Gasteiger partial charge in [0.2, 0.25) is 0 Å². The Labute approximate surface area is 104 Å². The van der Waals surface area contributed by atoms with Gasteiger partial charge in [-0.15, -0.1) is 0 Å². The number of hydrogen-bond acceptors (Lipinski definition) is 3. The van der Waals surface area contributed by atoms with Gasteiger partial charge < -0.3 is 9.29 Å². The molecule has 1 atom stereocenters. The van der Waals surface area contributed by atoms with Crippen molar-refractivity contribution < 1.29 is 32.4 Å². The maximum Gasteiger partial charge on any atom is 1.00 e. The second-order valence-electron chi connectivity index (χ2n) is 4.04. The summed E-state index contributed by atoms with van der Waals surface area (Å²) in [5.74, 6) is 0.691. The Kier molecular flexibility index (Phi) is 3.67. The van der Waals surface area contributed by atoms with Crippen molar-refractivity contribution in [2.75, 3.05) is 0 Å². The second-order valence-corrected chi connectivity index (χ2v) is 4.98. The van der Waals surface area contributed by atoms with E-state index in [9.17, 15) is 8.76 Å². The molecule has 0 saturated carbocycles. The van der Waals surface area contributed by atoms with Crippen molar-refractivity contribution in [1.82, 2.24) is 0 Å². The first-order valence-electron chi connectivity index (χ1n) is 4.39. The smallest absolute Gasteiger partial charge is 0.768 e. The molecule has 0 bridgehead atoms. The summed E-state index contributed by atoms with van der Waals surface area (Å²) in [6, 6.07) is 5.00. The molecule has 0 radical (unpaired) electrons. The van der Waals surface area contributed by atoms with E-state index in [0.29, 0.717) is 5.75 Å².